The van der Waals surface area contributed by atoms with E-state index < -0.39 is 0 Å². The second-order valence-electron chi connectivity index (χ2n) is 4.11. The van der Waals surface area contributed by atoms with E-state index >= 15 is 0 Å². The molecule has 0 aliphatic carbocycles. The minimum Gasteiger partial charge on any atom is -0.369 e. The quantitative estimate of drug-likeness (QED) is 0.875. The Morgan fingerprint density at radius 3 is 2.89 bits per heavy atom. The van der Waals surface area contributed by atoms with Crippen LogP contribution in [0.4, 0.5) is 11.6 Å². The smallest absolute Gasteiger partial charge is 0.148 e. The summed E-state index contributed by atoms with van der Waals surface area (Å²) in [5.74, 6) is 1.59. The highest BCUT2D eigenvalue weighted by Gasteiger charge is 2.16. The fourth-order valence-corrected chi connectivity index (χ4v) is 2.08. The normalized spacial score (nSPS) is 11.7. The van der Waals surface area contributed by atoms with Crippen LogP contribution in [-0.2, 0) is 0 Å². The molecule has 98 valence electrons. The van der Waals surface area contributed by atoms with Crippen LogP contribution in [0.15, 0.2) is 10.8 Å². The highest BCUT2D eigenvalue weighted by molar-refractivity contribution is 9.10. The van der Waals surface area contributed by atoms with Gasteiger partial charge in [0.25, 0.3) is 0 Å². The molecule has 0 radical (unpaired) electrons. The minimum absolute atomic E-state index is 0.111. The van der Waals surface area contributed by atoms with Crippen LogP contribution in [0.1, 0.15) is 26.7 Å². The molecule has 18 heavy (non-hydrogen) atoms. The molecule has 1 N–H and O–H groups in total. The molecule has 0 spiro atoms. The maximum Gasteiger partial charge on any atom is 0.148 e. The first-order valence-electron chi connectivity index (χ1n) is 5.96. The van der Waals surface area contributed by atoms with E-state index in [0.717, 1.165) is 29.1 Å². The number of aromatic nitrogens is 2. The van der Waals surface area contributed by atoms with Crippen LogP contribution in [0.5, 0.6) is 0 Å². The number of nitriles is 1. The predicted molar refractivity (Wildman–Crippen MR) is 76.6 cm³/mol. The van der Waals surface area contributed by atoms with Crippen LogP contribution in [0.2, 0.25) is 0 Å². The lowest BCUT2D eigenvalue weighted by Gasteiger charge is -2.25. The molecule has 0 aliphatic heterocycles. The average molecular weight is 312 g/mol. The van der Waals surface area contributed by atoms with Crippen LogP contribution >= 0.6 is 15.9 Å². The highest BCUT2D eigenvalue weighted by atomic mass is 79.9. The molecule has 0 saturated carbocycles. The van der Waals surface area contributed by atoms with Crippen LogP contribution in [0.3, 0.4) is 0 Å². The van der Waals surface area contributed by atoms with Gasteiger partial charge >= 0.3 is 0 Å². The van der Waals surface area contributed by atoms with E-state index in [2.05, 4.69) is 44.2 Å². The maximum atomic E-state index is 8.74. The van der Waals surface area contributed by atoms with Crippen molar-refractivity contribution in [2.45, 2.75) is 32.7 Å². The van der Waals surface area contributed by atoms with Crippen LogP contribution < -0.4 is 10.2 Å². The summed E-state index contributed by atoms with van der Waals surface area (Å²) in [5, 5.41) is 12.0. The SMILES string of the molecule is CCCNc1ncnc(N(C)C(C)CC#N)c1Br. The largest absolute Gasteiger partial charge is 0.369 e. The summed E-state index contributed by atoms with van der Waals surface area (Å²) in [4.78, 5) is 10.5. The molecule has 1 rings (SSSR count). The van der Waals surface area contributed by atoms with E-state index in [1.807, 2.05) is 18.9 Å². The van der Waals surface area contributed by atoms with Crippen molar-refractivity contribution < 1.29 is 0 Å². The Hall–Kier alpha value is -1.35. The van der Waals surface area contributed by atoms with Gasteiger partial charge in [0.05, 0.1) is 12.5 Å². The van der Waals surface area contributed by atoms with Crippen molar-refractivity contribution in [2.24, 2.45) is 0 Å². The van der Waals surface area contributed by atoms with Gasteiger partial charge in [-0.2, -0.15) is 5.26 Å². The zero-order chi connectivity index (χ0) is 13.5. The number of hydrogen-bond acceptors (Lipinski definition) is 5. The Bertz CT molecular complexity index is 429. The summed E-state index contributed by atoms with van der Waals surface area (Å²) in [5.41, 5.74) is 0. The zero-order valence-corrected chi connectivity index (χ0v) is 12.5. The molecular formula is C12H18BrN5. The number of nitrogens with zero attached hydrogens (tertiary/aromatic N) is 4. The van der Waals surface area contributed by atoms with Crippen LogP contribution in [0, 0.1) is 11.3 Å². The topological polar surface area (TPSA) is 64.8 Å². The first-order valence-corrected chi connectivity index (χ1v) is 6.75. The van der Waals surface area contributed by atoms with Gasteiger partial charge in [0.15, 0.2) is 0 Å². The molecule has 0 amide bonds. The molecule has 1 aromatic heterocycles. The van der Waals surface area contributed by atoms with E-state index in [4.69, 9.17) is 5.26 Å². The van der Waals surface area contributed by atoms with Crippen LogP contribution in [-0.4, -0.2) is 29.6 Å². The molecule has 6 heteroatoms. The van der Waals surface area contributed by atoms with E-state index in [9.17, 15) is 0 Å². The van der Waals surface area contributed by atoms with Gasteiger partial charge in [-0.1, -0.05) is 6.92 Å². The molecule has 0 fully saturated rings. The van der Waals surface area contributed by atoms with Gasteiger partial charge in [0.1, 0.15) is 22.4 Å². The Morgan fingerprint density at radius 1 is 1.56 bits per heavy atom. The first-order chi connectivity index (χ1) is 8.61. The van der Waals surface area contributed by atoms with Crippen LogP contribution in [0.25, 0.3) is 0 Å². The fourth-order valence-electron chi connectivity index (χ4n) is 1.45. The Morgan fingerprint density at radius 2 is 2.28 bits per heavy atom. The fraction of sp³-hybridized carbons (Fsp3) is 0.583. The lowest BCUT2D eigenvalue weighted by Crippen LogP contribution is -2.29. The predicted octanol–water partition coefficient (Wildman–Crippen LogP) is 2.80. The third kappa shape index (κ3) is 3.57. The van der Waals surface area contributed by atoms with Gasteiger partial charge in [-0.3, -0.25) is 0 Å². The number of nitrogens with one attached hydrogen (secondary N) is 1. The van der Waals surface area contributed by atoms with Crippen molar-refractivity contribution >= 4 is 27.6 Å². The molecule has 1 heterocycles. The van der Waals surface area contributed by atoms with Crippen molar-refractivity contribution in [2.75, 3.05) is 23.8 Å². The Kier molecular flexibility index (Phi) is 5.86. The molecule has 0 saturated heterocycles. The van der Waals surface area contributed by atoms with Gasteiger partial charge in [-0.25, -0.2) is 9.97 Å². The first kappa shape index (κ1) is 14.7. The van der Waals surface area contributed by atoms with Crippen molar-refractivity contribution in [1.29, 1.82) is 5.26 Å². The van der Waals surface area contributed by atoms with E-state index in [1.54, 1.807) is 0 Å². The van der Waals surface area contributed by atoms with Gasteiger partial charge in [0.2, 0.25) is 0 Å². The molecule has 1 unspecified atom stereocenters. The maximum absolute atomic E-state index is 8.74. The number of halogens is 1. The second kappa shape index (κ2) is 7.17. The van der Waals surface area contributed by atoms with Gasteiger partial charge in [0, 0.05) is 19.6 Å². The zero-order valence-electron chi connectivity index (χ0n) is 10.9. The van der Waals surface area contributed by atoms with E-state index in [0.29, 0.717) is 6.42 Å². The summed E-state index contributed by atoms with van der Waals surface area (Å²) in [7, 11) is 1.93. The molecule has 5 nitrogen and oxygen atoms in total. The second-order valence-corrected chi connectivity index (χ2v) is 4.90. The number of hydrogen-bond donors (Lipinski definition) is 1. The third-order valence-corrected chi connectivity index (χ3v) is 3.43. The molecule has 0 bridgehead atoms. The lowest BCUT2D eigenvalue weighted by molar-refractivity contribution is 0.691. The minimum atomic E-state index is 0.111. The lowest BCUT2D eigenvalue weighted by atomic mass is 10.2. The molecule has 0 aliphatic rings. The molecule has 1 atom stereocenters. The monoisotopic (exact) mass is 311 g/mol. The van der Waals surface area contributed by atoms with Crippen molar-refractivity contribution in [3.05, 3.63) is 10.8 Å². The Labute approximate surface area is 116 Å². The van der Waals surface area contributed by atoms with Crippen molar-refractivity contribution in [3.8, 4) is 6.07 Å². The van der Waals surface area contributed by atoms with Gasteiger partial charge in [-0.15, -0.1) is 0 Å². The highest BCUT2D eigenvalue weighted by Crippen LogP contribution is 2.30. The van der Waals surface area contributed by atoms with E-state index in [-0.39, 0.29) is 6.04 Å². The third-order valence-electron chi connectivity index (χ3n) is 2.70. The van der Waals surface area contributed by atoms with E-state index in [1.165, 1.54) is 6.33 Å². The molecule has 0 aromatic carbocycles. The van der Waals surface area contributed by atoms with Gasteiger partial charge in [-0.05, 0) is 29.3 Å². The Balaban J connectivity index is 2.92. The standard InChI is InChI=1S/C12H18BrN5/c1-4-7-15-11-10(13)12(17-8-16-11)18(3)9(2)5-6-14/h8-9H,4-5,7H2,1-3H3,(H,15,16,17). The van der Waals surface area contributed by atoms with Gasteiger partial charge < -0.3 is 10.2 Å². The summed E-state index contributed by atoms with van der Waals surface area (Å²) >= 11 is 3.52. The summed E-state index contributed by atoms with van der Waals surface area (Å²) in [6.07, 6.45) is 3.03. The molecule has 1 aromatic rings. The summed E-state index contributed by atoms with van der Waals surface area (Å²) in [6, 6.07) is 2.28. The average Bonchev–Trinajstić information content (AvgIpc) is 2.37. The molecular weight excluding hydrogens is 294 g/mol. The summed E-state index contributed by atoms with van der Waals surface area (Å²) in [6.45, 7) is 4.97. The van der Waals surface area contributed by atoms with Crippen molar-refractivity contribution in [1.82, 2.24) is 9.97 Å². The van der Waals surface area contributed by atoms with Crippen molar-refractivity contribution in [3.63, 3.8) is 0 Å². The number of rotatable bonds is 6. The summed E-state index contributed by atoms with van der Waals surface area (Å²) < 4.78 is 0.839. The number of anilines is 2.